The maximum Gasteiger partial charge on any atom is 0.411 e. The first kappa shape index (κ1) is 20.1. The zero-order valence-corrected chi connectivity index (χ0v) is 17.0. The maximum atomic E-state index is 11.6. The van der Waals surface area contributed by atoms with Gasteiger partial charge in [-0.2, -0.15) is 0 Å². The number of nitrogens with zero attached hydrogens (tertiary/aromatic N) is 2. The second-order valence-electron chi connectivity index (χ2n) is 5.96. The molecule has 0 saturated heterocycles. The van der Waals surface area contributed by atoms with Crippen LogP contribution in [0, 0.1) is 5.92 Å². The molecule has 136 valence electrons. The fourth-order valence-electron chi connectivity index (χ4n) is 2.40. The van der Waals surface area contributed by atoms with Crippen LogP contribution >= 0.6 is 35.0 Å². The summed E-state index contributed by atoms with van der Waals surface area (Å²) in [5.41, 5.74) is 0.975. The fraction of sp³-hybridized carbons (Fsp3) is 0.412. The molecule has 1 aliphatic heterocycles. The van der Waals surface area contributed by atoms with Crippen molar-refractivity contribution >= 4 is 47.4 Å². The van der Waals surface area contributed by atoms with Crippen LogP contribution < -0.4 is 5.32 Å². The van der Waals surface area contributed by atoms with E-state index < -0.39 is 6.09 Å². The van der Waals surface area contributed by atoms with E-state index in [9.17, 15) is 4.79 Å². The van der Waals surface area contributed by atoms with Gasteiger partial charge in [-0.1, -0.05) is 37.0 Å². The Balaban J connectivity index is 2.39. The predicted octanol–water partition coefficient (Wildman–Crippen LogP) is 5.10. The highest BCUT2D eigenvalue weighted by molar-refractivity contribution is 8.03. The Bertz CT molecular complexity index is 702. The van der Waals surface area contributed by atoms with Crippen LogP contribution in [0.2, 0.25) is 10.0 Å². The van der Waals surface area contributed by atoms with Crippen molar-refractivity contribution in [1.29, 1.82) is 0 Å². The van der Waals surface area contributed by atoms with Crippen LogP contribution in [0.1, 0.15) is 20.8 Å². The number of quaternary nitrogens is 1. The Morgan fingerprint density at radius 2 is 1.96 bits per heavy atom. The number of benzene rings is 1. The van der Waals surface area contributed by atoms with Crippen LogP contribution in [0.4, 0.5) is 4.79 Å². The van der Waals surface area contributed by atoms with Crippen molar-refractivity contribution in [2.75, 3.05) is 20.3 Å². The summed E-state index contributed by atoms with van der Waals surface area (Å²) < 4.78 is 5.69. The molecule has 5 nitrogen and oxygen atoms in total. The number of carbonyl (C=O) groups is 1. The predicted molar refractivity (Wildman–Crippen MR) is 104 cm³/mol. The number of allylic oxidation sites excluding steroid dienone is 1. The topological polar surface area (TPSA) is 50.7 Å². The van der Waals surface area contributed by atoms with Gasteiger partial charge in [0.1, 0.15) is 5.70 Å². The molecule has 0 bridgehead atoms. The smallest absolute Gasteiger partial charge is 0.398 e. The molecule has 1 amide bonds. The van der Waals surface area contributed by atoms with E-state index in [-0.39, 0.29) is 12.6 Å². The lowest BCUT2D eigenvalue weighted by Crippen LogP contribution is -2.46. The zero-order valence-electron chi connectivity index (χ0n) is 14.7. The average Bonchev–Trinajstić information content (AvgIpc) is 2.90. The lowest BCUT2D eigenvalue weighted by Gasteiger charge is -2.30. The quantitative estimate of drug-likeness (QED) is 0.672. The summed E-state index contributed by atoms with van der Waals surface area (Å²) in [7, 11) is 1.54. The number of alkyl carbamates (subject to hydrolysis) is 1. The lowest BCUT2D eigenvalue weighted by molar-refractivity contribution is -0.803. The monoisotopic (exact) mass is 402 g/mol. The zero-order chi connectivity index (χ0) is 18.6. The van der Waals surface area contributed by atoms with E-state index in [2.05, 4.69) is 24.2 Å². The minimum absolute atomic E-state index is 0.173. The van der Waals surface area contributed by atoms with Crippen molar-refractivity contribution in [3.05, 3.63) is 39.0 Å². The third-order valence-electron chi connectivity index (χ3n) is 3.83. The Morgan fingerprint density at radius 3 is 2.48 bits per heavy atom. The van der Waals surface area contributed by atoms with Gasteiger partial charge >= 0.3 is 6.09 Å². The third kappa shape index (κ3) is 4.70. The molecule has 0 fully saturated rings. The fourth-order valence-corrected chi connectivity index (χ4v) is 4.46. The number of nitrogens with one attached hydrogen (secondary N) is 1. The summed E-state index contributed by atoms with van der Waals surface area (Å²) in [5, 5.41) is 4.64. The number of rotatable bonds is 6. The van der Waals surface area contributed by atoms with Crippen molar-refractivity contribution in [2.45, 2.75) is 25.7 Å². The van der Waals surface area contributed by atoms with E-state index in [0.29, 0.717) is 21.1 Å². The molecule has 1 heterocycles. The van der Waals surface area contributed by atoms with Crippen LogP contribution in [0.15, 0.2) is 38.8 Å². The van der Waals surface area contributed by atoms with Crippen LogP contribution in [0.5, 0.6) is 0 Å². The van der Waals surface area contributed by atoms with E-state index in [0.717, 1.165) is 15.6 Å². The highest BCUT2D eigenvalue weighted by atomic mass is 35.5. The van der Waals surface area contributed by atoms with Gasteiger partial charge in [-0.25, -0.2) is 14.3 Å². The number of hydrogen-bond acceptors (Lipinski definition) is 4. The molecule has 0 saturated carbocycles. The van der Waals surface area contributed by atoms with E-state index >= 15 is 0 Å². The maximum absolute atomic E-state index is 11.6. The van der Waals surface area contributed by atoms with E-state index in [4.69, 9.17) is 27.9 Å². The van der Waals surface area contributed by atoms with Crippen molar-refractivity contribution in [3.63, 3.8) is 0 Å². The molecule has 1 aliphatic rings. The van der Waals surface area contributed by atoms with E-state index in [1.165, 1.54) is 7.05 Å². The largest absolute Gasteiger partial charge is 0.411 e. The summed E-state index contributed by atoms with van der Waals surface area (Å²) >= 11 is 13.8. The summed E-state index contributed by atoms with van der Waals surface area (Å²) in [6, 6.07) is 5.43. The molecule has 1 N–H and O–H groups in total. The molecule has 1 aromatic carbocycles. The summed E-state index contributed by atoms with van der Waals surface area (Å²) in [4.78, 5) is 17.1. The normalized spacial score (nSPS) is 19.6. The van der Waals surface area contributed by atoms with Gasteiger partial charge in [-0.3, -0.25) is 0 Å². The molecule has 25 heavy (non-hydrogen) atoms. The molecule has 8 heteroatoms. The van der Waals surface area contributed by atoms with Gasteiger partial charge in [-0.05, 0) is 36.9 Å². The van der Waals surface area contributed by atoms with Crippen molar-refractivity contribution in [3.8, 4) is 0 Å². The van der Waals surface area contributed by atoms with Gasteiger partial charge in [-0.15, -0.1) is 0 Å². The summed E-state index contributed by atoms with van der Waals surface area (Å²) in [5.74, 6) is 0.236. The van der Waals surface area contributed by atoms with Crippen LogP contribution in [-0.2, 0) is 4.74 Å². The number of thioether (sulfide) groups is 1. The van der Waals surface area contributed by atoms with Crippen molar-refractivity contribution in [1.82, 2.24) is 5.32 Å². The molecular formula is C17H22Cl2N3O2S+. The standard InChI is InChI=1S/C17H21Cl2N3O2S/c1-5-22(10-24-17(23)20-4)9-21-15(11(2)3)16(22)25-14-7-12(18)6-13(19)8-14/h6-9,11H,5,10H2,1-4H3/p+1. The summed E-state index contributed by atoms with van der Waals surface area (Å²) in [6.07, 6.45) is 1.37. The Morgan fingerprint density at radius 1 is 1.32 bits per heavy atom. The first-order valence-electron chi connectivity index (χ1n) is 7.96. The number of hydrogen-bond donors (Lipinski definition) is 1. The number of halogens is 2. The molecule has 0 radical (unpaired) electrons. The molecule has 0 spiro atoms. The van der Waals surface area contributed by atoms with Gasteiger partial charge in [0, 0.05) is 27.9 Å². The highest BCUT2D eigenvalue weighted by Crippen LogP contribution is 2.42. The Labute approximate surface area is 162 Å². The van der Waals surface area contributed by atoms with Crippen LogP contribution in [-0.4, -0.2) is 37.2 Å². The van der Waals surface area contributed by atoms with Gasteiger partial charge < -0.3 is 10.1 Å². The molecule has 1 aromatic rings. The Hall–Kier alpha value is -1.21. The summed E-state index contributed by atoms with van der Waals surface area (Å²) in [6.45, 7) is 7.09. The number of carbonyl (C=O) groups excluding carboxylic acids is 1. The first-order chi connectivity index (χ1) is 11.8. The van der Waals surface area contributed by atoms with Gasteiger partial charge in [0.15, 0.2) is 6.34 Å². The van der Waals surface area contributed by atoms with Crippen molar-refractivity contribution in [2.24, 2.45) is 10.9 Å². The van der Waals surface area contributed by atoms with Gasteiger partial charge in [0.25, 0.3) is 0 Å². The third-order valence-corrected chi connectivity index (χ3v) is 5.51. The first-order valence-corrected chi connectivity index (χ1v) is 9.53. The average molecular weight is 403 g/mol. The lowest BCUT2D eigenvalue weighted by atomic mass is 10.1. The van der Waals surface area contributed by atoms with Crippen molar-refractivity contribution < 1.29 is 14.0 Å². The van der Waals surface area contributed by atoms with Crippen LogP contribution in [0.25, 0.3) is 0 Å². The van der Waals surface area contributed by atoms with E-state index in [1.807, 2.05) is 25.4 Å². The Kier molecular flexibility index (Phi) is 6.79. The molecule has 2 rings (SSSR count). The molecule has 1 atom stereocenters. The number of aliphatic imine (C=N–C) groups is 1. The number of ether oxygens (including phenoxy) is 1. The molecular weight excluding hydrogens is 381 g/mol. The van der Waals surface area contributed by atoms with Crippen LogP contribution in [0.3, 0.4) is 0 Å². The minimum atomic E-state index is -0.465. The SMILES string of the molecule is CC[N+]1(COC(=O)NC)C=NC(C(C)C)=C1Sc1cc(Cl)cc(Cl)c1. The molecule has 0 aromatic heterocycles. The van der Waals surface area contributed by atoms with Gasteiger partial charge in [0.05, 0.1) is 6.54 Å². The second-order valence-corrected chi connectivity index (χ2v) is 7.89. The number of amides is 1. The van der Waals surface area contributed by atoms with Gasteiger partial charge in [0.2, 0.25) is 11.8 Å². The minimum Gasteiger partial charge on any atom is -0.398 e. The molecule has 1 unspecified atom stereocenters. The van der Waals surface area contributed by atoms with E-state index in [1.54, 1.807) is 17.8 Å². The highest BCUT2D eigenvalue weighted by Gasteiger charge is 2.40. The molecule has 0 aliphatic carbocycles. The second kappa shape index (κ2) is 8.45.